The molecule has 0 spiro atoms. The zero-order chi connectivity index (χ0) is 14.9. The van der Waals surface area contributed by atoms with E-state index in [0.29, 0.717) is 6.61 Å². The monoisotopic (exact) mass is 357 g/mol. The van der Waals surface area contributed by atoms with Gasteiger partial charge in [0.15, 0.2) is 0 Å². The van der Waals surface area contributed by atoms with Crippen molar-refractivity contribution in [2.75, 3.05) is 6.61 Å². The summed E-state index contributed by atoms with van der Waals surface area (Å²) in [6.07, 6.45) is 1.65. The van der Waals surface area contributed by atoms with Crippen LogP contribution < -0.4 is 4.72 Å². The first kappa shape index (κ1) is 16.3. The van der Waals surface area contributed by atoms with Crippen LogP contribution in [0.3, 0.4) is 0 Å². The molecular weight excluding hydrogens is 345 g/mol. The van der Waals surface area contributed by atoms with Crippen LogP contribution in [0.1, 0.15) is 19.8 Å². The smallest absolute Gasteiger partial charge is 0.242 e. The number of benzene rings is 1. The molecule has 0 aromatic heterocycles. The van der Waals surface area contributed by atoms with Gasteiger partial charge in [0, 0.05) is 12.6 Å². The average Bonchev–Trinajstić information content (AvgIpc) is 2.86. The van der Waals surface area contributed by atoms with E-state index in [1.807, 2.05) is 0 Å². The third-order valence-electron chi connectivity index (χ3n) is 3.13. The predicted octanol–water partition coefficient (Wildman–Crippen LogP) is 3.49. The summed E-state index contributed by atoms with van der Waals surface area (Å²) in [6.45, 7) is 2.42. The fourth-order valence-electron chi connectivity index (χ4n) is 2.09. The van der Waals surface area contributed by atoms with Crippen LogP contribution >= 0.6 is 34.8 Å². The van der Waals surface area contributed by atoms with Crippen LogP contribution in [-0.2, 0) is 14.8 Å². The van der Waals surface area contributed by atoms with Gasteiger partial charge in [-0.15, -0.1) is 0 Å². The van der Waals surface area contributed by atoms with Gasteiger partial charge in [-0.05, 0) is 31.9 Å². The molecule has 1 aliphatic heterocycles. The predicted molar refractivity (Wildman–Crippen MR) is 80.2 cm³/mol. The summed E-state index contributed by atoms with van der Waals surface area (Å²) in [5, 5.41) is 0.385. The van der Waals surface area contributed by atoms with Gasteiger partial charge in [0.2, 0.25) is 10.0 Å². The molecule has 4 nitrogen and oxygen atoms in total. The highest BCUT2D eigenvalue weighted by Crippen LogP contribution is 2.31. The molecule has 1 heterocycles. The van der Waals surface area contributed by atoms with Crippen molar-refractivity contribution < 1.29 is 13.2 Å². The first-order valence-electron chi connectivity index (χ1n) is 6.10. The largest absolute Gasteiger partial charge is 0.377 e. The van der Waals surface area contributed by atoms with Crippen molar-refractivity contribution in [2.45, 2.75) is 36.8 Å². The standard InChI is InChI=1S/C12H14Cl3NO3S/c1-7(11-3-2-4-19-11)16-20(17,18)12-6-9(14)8(13)5-10(12)15/h5-7,11,16H,2-4H2,1H3. The van der Waals surface area contributed by atoms with E-state index in [2.05, 4.69) is 4.72 Å². The number of sulfonamides is 1. The maximum Gasteiger partial charge on any atom is 0.242 e. The van der Waals surface area contributed by atoms with E-state index >= 15 is 0 Å². The van der Waals surface area contributed by atoms with E-state index in [4.69, 9.17) is 39.5 Å². The van der Waals surface area contributed by atoms with Crippen molar-refractivity contribution in [3.8, 4) is 0 Å². The molecule has 0 amide bonds. The molecule has 8 heteroatoms. The molecule has 2 atom stereocenters. The second-order valence-electron chi connectivity index (χ2n) is 4.66. The Labute approximate surface area is 133 Å². The van der Waals surface area contributed by atoms with Gasteiger partial charge in [0.25, 0.3) is 0 Å². The van der Waals surface area contributed by atoms with Gasteiger partial charge in [-0.3, -0.25) is 0 Å². The molecule has 2 rings (SSSR count). The number of rotatable bonds is 4. The SMILES string of the molecule is CC(NS(=O)(=O)c1cc(Cl)c(Cl)cc1Cl)C1CCCO1. The van der Waals surface area contributed by atoms with E-state index in [9.17, 15) is 8.42 Å². The molecule has 1 saturated heterocycles. The van der Waals surface area contributed by atoms with Gasteiger partial charge in [0.1, 0.15) is 4.90 Å². The van der Waals surface area contributed by atoms with Crippen LogP contribution in [0.2, 0.25) is 15.1 Å². The van der Waals surface area contributed by atoms with E-state index in [0.717, 1.165) is 12.8 Å². The minimum atomic E-state index is -3.77. The van der Waals surface area contributed by atoms with Crippen molar-refractivity contribution in [1.29, 1.82) is 0 Å². The van der Waals surface area contributed by atoms with Crippen molar-refractivity contribution in [1.82, 2.24) is 4.72 Å². The molecule has 20 heavy (non-hydrogen) atoms. The second-order valence-corrected chi connectivity index (χ2v) is 7.56. The molecule has 1 N–H and O–H groups in total. The van der Waals surface area contributed by atoms with Gasteiger partial charge >= 0.3 is 0 Å². The first-order chi connectivity index (χ1) is 9.31. The summed E-state index contributed by atoms with van der Waals surface area (Å²) >= 11 is 17.6. The summed E-state index contributed by atoms with van der Waals surface area (Å²) in [5.41, 5.74) is 0. The van der Waals surface area contributed by atoms with Crippen molar-refractivity contribution in [2.24, 2.45) is 0 Å². The highest BCUT2D eigenvalue weighted by atomic mass is 35.5. The van der Waals surface area contributed by atoms with Crippen LogP contribution in [0, 0.1) is 0 Å². The maximum absolute atomic E-state index is 12.3. The van der Waals surface area contributed by atoms with E-state index < -0.39 is 10.0 Å². The van der Waals surface area contributed by atoms with E-state index in [1.165, 1.54) is 12.1 Å². The van der Waals surface area contributed by atoms with Crippen LogP contribution in [-0.4, -0.2) is 27.2 Å². The Kier molecular flexibility index (Phi) is 5.21. The van der Waals surface area contributed by atoms with Crippen LogP contribution in [0.25, 0.3) is 0 Å². The van der Waals surface area contributed by atoms with Gasteiger partial charge in [-0.25, -0.2) is 13.1 Å². The quantitative estimate of drug-likeness (QED) is 0.838. The Balaban J connectivity index is 2.24. The molecule has 1 aromatic rings. The number of nitrogens with one attached hydrogen (secondary N) is 1. The van der Waals surface area contributed by atoms with Gasteiger partial charge in [0.05, 0.1) is 21.2 Å². The van der Waals surface area contributed by atoms with Gasteiger partial charge in [-0.2, -0.15) is 0 Å². The molecule has 0 saturated carbocycles. The third-order valence-corrected chi connectivity index (χ3v) is 5.87. The fourth-order valence-corrected chi connectivity index (χ4v) is 4.36. The summed E-state index contributed by atoms with van der Waals surface area (Å²) in [6, 6.07) is 2.22. The Morgan fingerprint density at radius 3 is 2.50 bits per heavy atom. The second kappa shape index (κ2) is 6.38. The maximum atomic E-state index is 12.3. The molecule has 0 aliphatic carbocycles. The molecule has 1 fully saturated rings. The molecular formula is C12H14Cl3NO3S. The van der Waals surface area contributed by atoms with E-state index in [1.54, 1.807) is 6.92 Å². The van der Waals surface area contributed by atoms with E-state index in [-0.39, 0.29) is 32.1 Å². The Hall–Kier alpha value is -0.0400. The van der Waals surface area contributed by atoms with Crippen molar-refractivity contribution in [3.05, 3.63) is 27.2 Å². The van der Waals surface area contributed by atoms with Gasteiger partial charge < -0.3 is 4.74 Å². The minimum Gasteiger partial charge on any atom is -0.377 e. The highest BCUT2D eigenvalue weighted by Gasteiger charge is 2.28. The molecule has 1 aliphatic rings. The molecule has 2 unspecified atom stereocenters. The lowest BCUT2D eigenvalue weighted by Gasteiger charge is -2.20. The lowest BCUT2D eigenvalue weighted by molar-refractivity contribution is 0.0902. The number of halogens is 3. The normalized spacial score (nSPS) is 21.1. The average molecular weight is 359 g/mol. The van der Waals surface area contributed by atoms with Crippen molar-refractivity contribution >= 4 is 44.8 Å². The van der Waals surface area contributed by atoms with Gasteiger partial charge in [-0.1, -0.05) is 34.8 Å². The summed E-state index contributed by atoms with van der Waals surface area (Å²) in [5.74, 6) is 0. The van der Waals surface area contributed by atoms with Crippen LogP contribution in [0.15, 0.2) is 17.0 Å². The topological polar surface area (TPSA) is 55.4 Å². The Morgan fingerprint density at radius 1 is 1.25 bits per heavy atom. The lowest BCUT2D eigenvalue weighted by Crippen LogP contribution is -2.40. The highest BCUT2D eigenvalue weighted by molar-refractivity contribution is 7.89. The summed E-state index contributed by atoms with van der Waals surface area (Å²) < 4.78 is 32.7. The molecule has 112 valence electrons. The summed E-state index contributed by atoms with van der Waals surface area (Å²) in [4.78, 5) is -0.0848. The fraction of sp³-hybridized carbons (Fsp3) is 0.500. The molecule has 0 bridgehead atoms. The first-order valence-corrected chi connectivity index (χ1v) is 8.71. The molecule has 1 aromatic carbocycles. The lowest BCUT2D eigenvalue weighted by atomic mass is 10.1. The Morgan fingerprint density at radius 2 is 1.90 bits per heavy atom. The zero-order valence-corrected chi connectivity index (χ0v) is 13.8. The minimum absolute atomic E-state index is 0.0337. The Bertz CT molecular complexity index is 600. The van der Waals surface area contributed by atoms with Crippen LogP contribution in [0.5, 0.6) is 0 Å². The summed E-state index contributed by atoms with van der Waals surface area (Å²) in [7, 11) is -3.77. The number of hydrogen-bond donors (Lipinski definition) is 1. The molecule has 0 radical (unpaired) electrons. The van der Waals surface area contributed by atoms with Crippen molar-refractivity contribution in [3.63, 3.8) is 0 Å². The number of ether oxygens (including phenoxy) is 1. The van der Waals surface area contributed by atoms with Crippen LogP contribution in [0.4, 0.5) is 0 Å². The zero-order valence-electron chi connectivity index (χ0n) is 10.7. The third kappa shape index (κ3) is 3.59. The number of hydrogen-bond acceptors (Lipinski definition) is 3.